The number of anilines is 1. The highest BCUT2D eigenvalue weighted by Crippen LogP contribution is 2.27. The van der Waals surface area contributed by atoms with Crippen LogP contribution in [0.2, 0.25) is 0 Å². The number of nitrogens with zero attached hydrogens (tertiary/aromatic N) is 2. The number of carbonyl (C=O) groups is 1. The summed E-state index contributed by atoms with van der Waals surface area (Å²) in [5, 5.41) is 0. The fraction of sp³-hybridized carbons (Fsp3) is 0.250. The van der Waals surface area contributed by atoms with Gasteiger partial charge in [-0.1, -0.05) is 6.07 Å². The molecule has 2 aromatic carbocycles. The van der Waals surface area contributed by atoms with E-state index in [0.29, 0.717) is 31.2 Å². The van der Waals surface area contributed by atoms with E-state index in [1.54, 1.807) is 11.1 Å². The zero-order chi connectivity index (χ0) is 21.9. The van der Waals surface area contributed by atoms with Gasteiger partial charge in [-0.2, -0.15) is 0 Å². The van der Waals surface area contributed by atoms with Crippen LogP contribution in [-0.4, -0.2) is 29.9 Å². The molecule has 0 spiro atoms. The van der Waals surface area contributed by atoms with E-state index in [-0.39, 0.29) is 11.8 Å². The molecule has 0 aliphatic carbocycles. The van der Waals surface area contributed by atoms with E-state index in [2.05, 4.69) is 4.98 Å². The standard InChI is InChI=1S/C24H26ClN3O3/c25-17-24(29)28(18-19-5-1-3-15-27-19)20-6-8-22(9-7-20)31-23-12-10-21(11-13-23)30-16-4-2-14-26/h1,3,5-13,15H,2,4,14,16-18,26H2. The molecule has 6 nitrogen and oxygen atoms in total. The molecule has 3 rings (SSSR count). The molecule has 162 valence electrons. The van der Waals surface area contributed by atoms with Gasteiger partial charge >= 0.3 is 0 Å². The molecule has 0 atom stereocenters. The quantitative estimate of drug-likeness (QED) is 0.344. The van der Waals surface area contributed by atoms with Crippen LogP contribution in [0.4, 0.5) is 5.69 Å². The average Bonchev–Trinajstić information content (AvgIpc) is 2.82. The highest BCUT2D eigenvalue weighted by Gasteiger charge is 2.16. The summed E-state index contributed by atoms with van der Waals surface area (Å²) in [6.45, 7) is 1.67. The molecular formula is C24H26ClN3O3. The van der Waals surface area contributed by atoms with Crippen molar-refractivity contribution < 1.29 is 14.3 Å². The normalized spacial score (nSPS) is 10.5. The minimum atomic E-state index is -0.192. The summed E-state index contributed by atoms with van der Waals surface area (Å²) in [6, 6.07) is 20.4. The first kappa shape index (κ1) is 22.6. The Kier molecular flexibility index (Phi) is 8.70. The zero-order valence-corrected chi connectivity index (χ0v) is 18.0. The molecule has 1 heterocycles. The number of hydrogen-bond donors (Lipinski definition) is 1. The lowest BCUT2D eigenvalue weighted by Crippen LogP contribution is -2.31. The van der Waals surface area contributed by atoms with Gasteiger partial charge in [0.25, 0.3) is 0 Å². The second-order valence-electron chi connectivity index (χ2n) is 6.85. The lowest BCUT2D eigenvalue weighted by molar-refractivity contribution is -0.116. The third-order valence-electron chi connectivity index (χ3n) is 4.54. The van der Waals surface area contributed by atoms with Gasteiger partial charge in [0.1, 0.15) is 23.1 Å². The summed E-state index contributed by atoms with van der Waals surface area (Å²) in [6.07, 6.45) is 3.59. The molecule has 2 N–H and O–H groups in total. The number of unbranched alkanes of at least 4 members (excludes halogenated alkanes) is 1. The maximum atomic E-state index is 12.4. The minimum Gasteiger partial charge on any atom is -0.494 e. The van der Waals surface area contributed by atoms with Crippen molar-refractivity contribution in [1.29, 1.82) is 0 Å². The van der Waals surface area contributed by atoms with Crippen LogP contribution in [0.15, 0.2) is 72.9 Å². The highest BCUT2D eigenvalue weighted by atomic mass is 35.5. The first-order chi connectivity index (χ1) is 15.2. The number of hydrogen-bond acceptors (Lipinski definition) is 5. The number of nitrogens with two attached hydrogens (primary N) is 1. The Balaban J connectivity index is 1.62. The van der Waals surface area contributed by atoms with Gasteiger partial charge in [-0.25, -0.2) is 0 Å². The van der Waals surface area contributed by atoms with Crippen molar-refractivity contribution >= 4 is 23.2 Å². The van der Waals surface area contributed by atoms with Gasteiger partial charge in [0.15, 0.2) is 0 Å². The van der Waals surface area contributed by atoms with Gasteiger partial charge in [-0.3, -0.25) is 9.78 Å². The summed E-state index contributed by atoms with van der Waals surface area (Å²) in [5.74, 6) is 1.86. The molecule has 0 saturated heterocycles. The summed E-state index contributed by atoms with van der Waals surface area (Å²) in [5.41, 5.74) is 6.99. The van der Waals surface area contributed by atoms with Gasteiger partial charge in [0, 0.05) is 11.9 Å². The summed E-state index contributed by atoms with van der Waals surface area (Å²) >= 11 is 5.81. The number of ether oxygens (including phenoxy) is 2. The topological polar surface area (TPSA) is 77.7 Å². The zero-order valence-electron chi connectivity index (χ0n) is 17.2. The third kappa shape index (κ3) is 6.98. The van der Waals surface area contributed by atoms with Gasteiger partial charge in [-0.05, 0) is 80.1 Å². The number of alkyl halides is 1. The molecule has 0 saturated carbocycles. The Hall–Kier alpha value is -3.09. The first-order valence-corrected chi connectivity index (χ1v) is 10.7. The van der Waals surface area contributed by atoms with Gasteiger partial charge in [-0.15, -0.1) is 11.6 Å². The Morgan fingerprint density at radius 2 is 1.61 bits per heavy atom. The van der Waals surface area contributed by atoms with Crippen LogP contribution in [0.25, 0.3) is 0 Å². The predicted molar refractivity (Wildman–Crippen MR) is 123 cm³/mol. The fourth-order valence-electron chi connectivity index (χ4n) is 2.92. The molecule has 0 radical (unpaired) electrons. The van der Waals surface area contributed by atoms with E-state index in [0.717, 1.165) is 30.0 Å². The summed E-state index contributed by atoms with van der Waals surface area (Å²) in [4.78, 5) is 18.3. The Morgan fingerprint density at radius 1 is 0.935 bits per heavy atom. The lowest BCUT2D eigenvalue weighted by Gasteiger charge is -2.22. The Labute approximate surface area is 187 Å². The summed E-state index contributed by atoms with van der Waals surface area (Å²) < 4.78 is 11.6. The molecule has 0 aliphatic heterocycles. The van der Waals surface area contributed by atoms with Crippen LogP contribution in [0, 0.1) is 0 Å². The molecule has 7 heteroatoms. The van der Waals surface area contributed by atoms with E-state index < -0.39 is 0 Å². The van der Waals surface area contributed by atoms with Crippen molar-refractivity contribution in [2.75, 3.05) is 23.9 Å². The van der Waals surface area contributed by atoms with Gasteiger partial charge in [0.2, 0.25) is 5.91 Å². The van der Waals surface area contributed by atoms with E-state index in [1.165, 1.54) is 0 Å². The number of amides is 1. The van der Waals surface area contributed by atoms with E-state index in [1.807, 2.05) is 66.7 Å². The maximum absolute atomic E-state index is 12.4. The minimum absolute atomic E-state index is 0.105. The average molecular weight is 440 g/mol. The Morgan fingerprint density at radius 3 is 2.23 bits per heavy atom. The monoisotopic (exact) mass is 439 g/mol. The van der Waals surface area contributed by atoms with Crippen LogP contribution in [0.3, 0.4) is 0 Å². The predicted octanol–water partition coefficient (Wildman–Crippen LogP) is 4.76. The van der Waals surface area contributed by atoms with Crippen LogP contribution in [-0.2, 0) is 11.3 Å². The van der Waals surface area contributed by atoms with Crippen LogP contribution in [0.5, 0.6) is 17.2 Å². The van der Waals surface area contributed by atoms with E-state index in [4.69, 9.17) is 26.8 Å². The van der Waals surface area contributed by atoms with Crippen molar-refractivity contribution in [3.63, 3.8) is 0 Å². The number of carbonyl (C=O) groups excluding carboxylic acids is 1. The van der Waals surface area contributed by atoms with Crippen LogP contribution in [0.1, 0.15) is 18.5 Å². The van der Waals surface area contributed by atoms with Crippen LogP contribution < -0.4 is 20.1 Å². The molecule has 31 heavy (non-hydrogen) atoms. The number of aromatic nitrogens is 1. The van der Waals surface area contributed by atoms with Gasteiger partial charge < -0.3 is 20.1 Å². The van der Waals surface area contributed by atoms with Crippen molar-refractivity contribution in [2.24, 2.45) is 5.73 Å². The molecular weight excluding hydrogens is 414 g/mol. The van der Waals surface area contributed by atoms with Crippen molar-refractivity contribution in [2.45, 2.75) is 19.4 Å². The molecule has 3 aromatic rings. The maximum Gasteiger partial charge on any atom is 0.242 e. The Bertz CT molecular complexity index is 935. The number of halogens is 1. The molecule has 0 bridgehead atoms. The number of pyridine rings is 1. The SMILES string of the molecule is NCCCCOc1ccc(Oc2ccc(N(Cc3ccccn3)C(=O)CCl)cc2)cc1. The largest absolute Gasteiger partial charge is 0.494 e. The van der Waals surface area contributed by atoms with Gasteiger partial charge in [0.05, 0.1) is 18.8 Å². The molecule has 0 unspecified atom stereocenters. The second-order valence-corrected chi connectivity index (χ2v) is 7.11. The second kappa shape index (κ2) is 11.9. The van der Waals surface area contributed by atoms with Crippen LogP contribution >= 0.6 is 11.6 Å². The first-order valence-electron chi connectivity index (χ1n) is 10.2. The molecule has 0 fully saturated rings. The summed E-state index contributed by atoms with van der Waals surface area (Å²) in [7, 11) is 0. The molecule has 1 aromatic heterocycles. The van der Waals surface area contributed by atoms with E-state index in [9.17, 15) is 4.79 Å². The smallest absolute Gasteiger partial charge is 0.242 e. The molecule has 0 aliphatic rings. The van der Waals surface area contributed by atoms with Crippen molar-refractivity contribution in [3.05, 3.63) is 78.6 Å². The number of benzene rings is 2. The van der Waals surface area contributed by atoms with E-state index >= 15 is 0 Å². The lowest BCUT2D eigenvalue weighted by atomic mass is 10.2. The highest BCUT2D eigenvalue weighted by molar-refractivity contribution is 6.29. The molecule has 1 amide bonds. The fourth-order valence-corrected chi connectivity index (χ4v) is 3.06. The number of rotatable bonds is 11. The van der Waals surface area contributed by atoms with Crippen molar-refractivity contribution in [3.8, 4) is 17.2 Å². The third-order valence-corrected chi connectivity index (χ3v) is 4.77. The van der Waals surface area contributed by atoms with Crippen molar-refractivity contribution in [1.82, 2.24) is 4.98 Å².